The van der Waals surface area contributed by atoms with Gasteiger partial charge in [0, 0.05) is 12.7 Å². The molecule has 0 aliphatic carbocycles. The first-order valence-electron chi connectivity index (χ1n) is 8.71. The number of hydrogen-bond donors (Lipinski definition) is 1. The maximum Gasteiger partial charge on any atom is 0.243 e. The molecule has 2 heterocycles. The van der Waals surface area contributed by atoms with Crippen LogP contribution in [-0.4, -0.2) is 29.2 Å². The van der Waals surface area contributed by atoms with Crippen molar-refractivity contribution < 1.29 is 8.42 Å². The molecule has 6 nitrogen and oxygen atoms in total. The average Bonchev–Trinajstić information content (AvgIpc) is 2.67. The Morgan fingerprint density at radius 1 is 1.07 bits per heavy atom. The summed E-state index contributed by atoms with van der Waals surface area (Å²) in [5.74, 6) is 0.163. The summed E-state index contributed by atoms with van der Waals surface area (Å²) >= 11 is 0. The number of aromatic nitrogens is 2. The van der Waals surface area contributed by atoms with E-state index in [-0.39, 0.29) is 17.4 Å². The van der Waals surface area contributed by atoms with Crippen molar-refractivity contribution in [1.29, 1.82) is 0 Å². The molecule has 1 aliphatic rings. The Balaban J connectivity index is 1.61. The van der Waals surface area contributed by atoms with Crippen LogP contribution >= 0.6 is 0 Å². The molecule has 0 fully saturated rings. The summed E-state index contributed by atoms with van der Waals surface area (Å²) in [6, 6.07) is 15.1. The van der Waals surface area contributed by atoms with Crippen LogP contribution in [0.25, 0.3) is 11.1 Å². The lowest BCUT2D eigenvalue weighted by Gasteiger charge is -2.27. The Hall–Kier alpha value is -2.77. The van der Waals surface area contributed by atoms with Gasteiger partial charge in [0.2, 0.25) is 16.0 Å². The highest BCUT2D eigenvalue weighted by Crippen LogP contribution is 2.26. The van der Waals surface area contributed by atoms with Crippen LogP contribution in [0, 0.1) is 6.92 Å². The Bertz CT molecular complexity index is 1100. The fourth-order valence-electron chi connectivity index (χ4n) is 3.29. The van der Waals surface area contributed by atoms with Crippen molar-refractivity contribution in [3.63, 3.8) is 0 Å². The quantitative estimate of drug-likeness (QED) is 0.755. The first kappa shape index (κ1) is 17.6. The zero-order chi connectivity index (χ0) is 19.0. The van der Waals surface area contributed by atoms with Gasteiger partial charge in [-0.25, -0.2) is 18.4 Å². The second-order valence-electron chi connectivity index (χ2n) is 6.68. The third kappa shape index (κ3) is 3.43. The number of benzene rings is 2. The van der Waals surface area contributed by atoms with E-state index in [2.05, 4.69) is 16.0 Å². The number of fused-ring (bicyclic) bond motifs is 1. The van der Waals surface area contributed by atoms with Gasteiger partial charge in [0.25, 0.3) is 0 Å². The number of sulfonamides is 1. The van der Waals surface area contributed by atoms with Crippen molar-refractivity contribution in [2.24, 2.45) is 0 Å². The number of rotatable bonds is 3. The van der Waals surface area contributed by atoms with E-state index in [0.717, 1.165) is 22.3 Å². The topological polar surface area (TPSA) is 89.2 Å². The van der Waals surface area contributed by atoms with Gasteiger partial charge < -0.3 is 5.73 Å². The minimum Gasteiger partial charge on any atom is -0.368 e. The van der Waals surface area contributed by atoms with Crippen LogP contribution in [0.2, 0.25) is 0 Å². The van der Waals surface area contributed by atoms with Crippen LogP contribution in [0.3, 0.4) is 0 Å². The lowest BCUT2D eigenvalue weighted by atomic mass is 10.0. The summed E-state index contributed by atoms with van der Waals surface area (Å²) in [6.45, 7) is 2.65. The van der Waals surface area contributed by atoms with Gasteiger partial charge in [0.15, 0.2) is 0 Å². The lowest BCUT2D eigenvalue weighted by molar-refractivity contribution is 0.385. The molecule has 2 aromatic carbocycles. The predicted octanol–water partition coefficient (Wildman–Crippen LogP) is 2.78. The predicted molar refractivity (Wildman–Crippen MR) is 104 cm³/mol. The van der Waals surface area contributed by atoms with E-state index in [1.807, 2.05) is 37.3 Å². The van der Waals surface area contributed by atoms with E-state index in [4.69, 9.17) is 5.73 Å². The summed E-state index contributed by atoms with van der Waals surface area (Å²) in [6.07, 6.45) is 2.26. The van der Waals surface area contributed by atoms with Gasteiger partial charge >= 0.3 is 0 Å². The van der Waals surface area contributed by atoms with Gasteiger partial charge in [-0.2, -0.15) is 4.31 Å². The number of aryl methyl sites for hydroxylation is 1. The van der Waals surface area contributed by atoms with Gasteiger partial charge in [-0.15, -0.1) is 0 Å². The third-order valence-electron chi connectivity index (χ3n) is 4.77. The number of nitrogens with two attached hydrogens (primary N) is 1. The second-order valence-corrected chi connectivity index (χ2v) is 8.62. The lowest BCUT2D eigenvalue weighted by Crippen LogP contribution is -2.36. The molecule has 2 N–H and O–H groups in total. The number of nitrogens with zero attached hydrogens (tertiary/aromatic N) is 3. The molecule has 1 aromatic heterocycles. The molecule has 3 aromatic rings. The number of nitrogen functional groups attached to an aromatic ring is 1. The molecule has 0 unspecified atom stereocenters. The van der Waals surface area contributed by atoms with Gasteiger partial charge in [-0.1, -0.05) is 42.0 Å². The maximum atomic E-state index is 13.0. The molecule has 7 heteroatoms. The summed E-state index contributed by atoms with van der Waals surface area (Å²) in [4.78, 5) is 8.46. The standard InChI is InChI=1S/C20H20N4O2S/c1-14-3-2-4-16(11-14)15-5-7-18(8-6-15)27(25,26)24-10-9-17-12-22-20(21)23-19(17)13-24/h2-8,11-12H,9-10,13H2,1H3,(H2,21,22,23). The summed E-state index contributed by atoms with van der Waals surface area (Å²) < 4.78 is 27.5. The molecule has 27 heavy (non-hydrogen) atoms. The highest BCUT2D eigenvalue weighted by atomic mass is 32.2. The molecule has 1 aliphatic heterocycles. The monoisotopic (exact) mass is 380 g/mol. The molecule has 138 valence electrons. The number of anilines is 1. The fourth-order valence-corrected chi connectivity index (χ4v) is 4.69. The first-order valence-corrected chi connectivity index (χ1v) is 10.1. The summed E-state index contributed by atoms with van der Waals surface area (Å²) in [7, 11) is -3.59. The van der Waals surface area contributed by atoms with Crippen molar-refractivity contribution in [2.75, 3.05) is 12.3 Å². The normalized spacial score (nSPS) is 14.7. The van der Waals surface area contributed by atoms with Crippen molar-refractivity contribution in [3.8, 4) is 11.1 Å². The molecule has 0 saturated heterocycles. The SMILES string of the molecule is Cc1cccc(-c2ccc(S(=O)(=O)N3CCc4cnc(N)nc4C3)cc2)c1. The van der Waals surface area contributed by atoms with E-state index >= 15 is 0 Å². The van der Waals surface area contributed by atoms with Crippen molar-refractivity contribution in [2.45, 2.75) is 24.8 Å². The molecular formula is C20H20N4O2S. The Morgan fingerprint density at radius 3 is 2.59 bits per heavy atom. The van der Waals surface area contributed by atoms with Crippen LogP contribution in [0.15, 0.2) is 59.6 Å². The molecule has 0 saturated carbocycles. The van der Waals surface area contributed by atoms with Crippen LogP contribution in [0.5, 0.6) is 0 Å². The zero-order valence-corrected chi connectivity index (χ0v) is 15.8. The third-order valence-corrected chi connectivity index (χ3v) is 6.63. The zero-order valence-electron chi connectivity index (χ0n) is 15.0. The Kier molecular flexibility index (Phi) is 4.41. The van der Waals surface area contributed by atoms with E-state index < -0.39 is 10.0 Å². The second kappa shape index (κ2) is 6.75. The summed E-state index contributed by atoms with van der Waals surface area (Å²) in [5.41, 5.74) is 10.5. The van der Waals surface area contributed by atoms with Gasteiger partial charge in [0.1, 0.15) is 0 Å². The molecule has 0 radical (unpaired) electrons. The minimum atomic E-state index is -3.59. The van der Waals surface area contributed by atoms with Crippen LogP contribution in [0.4, 0.5) is 5.95 Å². The Labute approximate surface area is 158 Å². The molecule has 0 bridgehead atoms. The van der Waals surface area contributed by atoms with Crippen molar-refractivity contribution in [1.82, 2.24) is 14.3 Å². The highest BCUT2D eigenvalue weighted by molar-refractivity contribution is 7.89. The Morgan fingerprint density at radius 2 is 1.85 bits per heavy atom. The highest BCUT2D eigenvalue weighted by Gasteiger charge is 2.29. The van der Waals surface area contributed by atoms with E-state index in [0.29, 0.717) is 18.7 Å². The van der Waals surface area contributed by atoms with Crippen molar-refractivity contribution >= 4 is 16.0 Å². The van der Waals surface area contributed by atoms with Gasteiger partial charge in [-0.05, 0) is 42.2 Å². The van der Waals surface area contributed by atoms with Crippen LogP contribution in [0.1, 0.15) is 16.8 Å². The van der Waals surface area contributed by atoms with Gasteiger partial charge in [-0.3, -0.25) is 0 Å². The molecule has 0 spiro atoms. The van der Waals surface area contributed by atoms with Crippen LogP contribution < -0.4 is 5.73 Å². The largest absolute Gasteiger partial charge is 0.368 e. The van der Waals surface area contributed by atoms with Crippen molar-refractivity contribution in [3.05, 3.63) is 71.5 Å². The fraction of sp³-hybridized carbons (Fsp3) is 0.200. The molecular weight excluding hydrogens is 360 g/mol. The first-order chi connectivity index (χ1) is 12.9. The molecule has 4 rings (SSSR count). The molecule has 0 amide bonds. The molecule has 0 atom stereocenters. The van der Waals surface area contributed by atoms with E-state index in [9.17, 15) is 8.42 Å². The van der Waals surface area contributed by atoms with Gasteiger partial charge in [0.05, 0.1) is 17.1 Å². The van der Waals surface area contributed by atoms with Crippen LogP contribution in [-0.2, 0) is 23.0 Å². The number of hydrogen-bond acceptors (Lipinski definition) is 5. The average molecular weight is 380 g/mol. The van der Waals surface area contributed by atoms with E-state index in [1.165, 1.54) is 4.31 Å². The smallest absolute Gasteiger partial charge is 0.243 e. The minimum absolute atomic E-state index is 0.163. The summed E-state index contributed by atoms with van der Waals surface area (Å²) in [5, 5.41) is 0. The van der Waals surface area contributed by atoms with E-state index in [1.54, 1.807) is 18.3 Å². The maximum absolute atomic E-state index is 13.0.